The number of esters is 2. The summed E-state index contributed by atoms with van der Waals surface area (Å²) in [6, 6.07) is 10.0. The van der Waals surface area contributed by atoms with Crippen LogP contribution in [0.4, 0.5) is 0 Å². The summed E-state index contributed by atoms with van der Waals surface area (Å²) in [6.07, 6.45) is 7.39. The fraction of sp³-hybridized carbons (Fsp3) is 0.417. The van der Waals surface area contributed by atoms with Crippen LogP contribution in [-0.4, -0.2) is 50.6 Å². The summed E-state index contributed by atoms with van der Waals surface area (Å²) in [5, 5.41) is 0. The predicted octanol–water partition coefficient (Wildman–Crippen LogP) is 3.87. The van der Waals surface area contributed by atoms with Crippen LogP contribution in [0.3, 0.4) is 0 Å². The first-order chi connectivity index (χ1) is 14.5. The highest BCUT2D eigenvalue weighted by molar-refractivity contribution is 5.88. The largest absolute Gasteiger partial charge is 0.459 e. The fourth-order valence-corrected chi connectivity index (χ4v) is 2.28. The van der Waals surface area contributed by atoms with Gasteiger partial charge in [0.15, 0.2) is 0 Å². The quantitative estimate of drug-likeness (QED) is 0.250. The van der Waals surface area contributed by atoms with Gasteiger partial charge in [0.25, 0.3) is 0 Å². The normalized spacial score (nSPS) is 19.8. The summed E-state index contributed by atoms with van der Waals surface area (Å²) >= 11 is 0. The Bertz CT molecular complexity index is 713. The Morgan fingerprint density at radius 1 is 0.933 bits per heavy atom. The van der Waals surface area contributed by atoms with Gasteiger partial charge in [-0.3, -0.25) is 0 Å². The molecule has 2 aliphatic heterocycles. The highest BCUT2D eigenvalue weighted by Crippen LogP contribution is 2.16. The molecule has 1 aromatic carbocycles. The van der Waals surface area contributed by atoms with Gasteiger partial charge in [0, 0.05) is 11.1 Å². The maximum Gasteiger partial charge on any atom is 0.333 e. The number of benzene rings is 1. The van der Waals surface area contributed by atoms with E-state index in [9.17, 15) is 9.59 Å². The van der Waals surface area contributed by atoms with Gasteiger partial charge in [-0.05, 0) is 32.3 Å². The first kappa shape index (κ1) is 23.6. The van der Waals surface area contributed by atoms with Crippen molar-refractivity contribution in [1.29, 1.82) is 0 Å². The molecule has 1 aromatic rings. The molecule has 0 saturated carbocycles. The Morgan fingerprint density at radius 3 is 1.70 bits per heavy atom. The standard InChI is InChI=1S/C16H22O6.C8H8/c1-11(3-5-13-9-21-13)15(17)19-7-8-20-16(18)12(2)4-6-14-10-22-14;1-2-8-6-4-3-5-7-8/h3-4,13-14H,5-10H2,1-2H3;2-7H,1H2/b11-3+,12-4+;. The number of carbonyl (C=O) groups is 2. The van der Waals surface area contributed by atoms with Gasteiger partial charge in [-0.15, -0.1) is 0 Å². The SMILES string of the molecule is C/C(=C\CC1CO1)C(=O)OCCOC(=O)/C(C)=C/CC1CO1.C=Cc1ccccc1. The van der Waals surface area contributed by atoms with Gasteiger partial charge in [-0.25, -0.2) is 9.59 Å². The summed E-state index contributed by atoms with van der Waals surface area (Å²) in [5.74, 6) is -0.787. The Labute approximate surface area is 178 Å². The minimum atomic E-state index is -0.394. The van der Waals surface area contributed by atoms with E-state index in [2.05, 4.69) is 6.58 Å². The number of carbonyl (C=O) groups excluding carboxylic acids is 2. The molecular weight excluding hydrogens is 384 g/mol. The molecule has 162 valence electrons. The number of hydrogen-bond donors (Lipinski definition) is 0. The molecule has 0 radical (unpaired) electrons. The Morgan fingerprint density at radius 2 is 1.37 bits per heavy atom. The molecule has 6 nitrogen and oxygen atoms in total. The van der Waals surface area contributed by atoms with E-state index in [1.807, 2.05) is 36.4 Å². The second-order valence-corrected chi connectivity index (χ2v) is 7.04. The van der Waals surface area contributed by atoms with E-state index < -0.39 is 11.9 Å². The van der Waals surface area contributed by atoms with Crippen LogP contribution in [0.25, 0.3) is 6.08 Å². The molecule has 6 heteroatoms. The first-order valence-corrected chi connectivity index (χ1v) is 10.1. The predicted molar refractivity (Wildman–Crippen MR) is 115 cm³/mol. The van der Waals surface area contributed by atoms with Crippen LogP contribution in [0.5, 0.6) is 0 Å². The maximum atomic E-state index is 11.6. The van der Waals surface area contributed by atoms with Crippen molar-refractivity contribution in [3.63, 3.8) is 0 Å². The third-order valence-corrected chi connectivity index (χ3v) is 4.41. The lowest BCUT2D eigenvalue weighted by Gasteiger charge is -2.07. The topological polar surface area (TPSA) is 77.7 Å². The van der Waals surface area contributed by atoms with Crippen LogP contribution >= 0.6 is 0 Å². The van der Waals surface area contributed by atoms with Crippen molar-refractivity contribution in [3.8, 4) is 0 Å². The van der Waals surface area contributed by atoms with Crippen molar-refractivity contribution in [3.05, 3.63) is 65.8 Å². The summed E-state index contributed by atoms with van der Waals surface area (Å²) < 4.78 is 20.2. The average molecular weight is 414 g/mol. The van der Waals surface area contributed by atoms with Crippen LogP contribution in [0.2, 0.25) is 0 Å². The zero-order valence-corrected chi connectivity index (χ0v) is 17.7. The maximum absolute atomic E-state index is 11.6. The van der Waals surface area contributed by atoms with Gasteiger partial charge < -0.3 is 18.9 Å². The van der Waals surface area contributed by atoms with E-state index in [4.69, 9.17) is 18.9 Å². The molecule has 2 atom stereocenters. The van der Waals surface area contributed by atoms with E-state index in [1.54, 1.807) is 26.0 Å². The summed E-state index contributed by atoms with van der Waals surface area (Å²) in [5.41, 5.74) is 2.26. The summed E-state index contributed by atoms with van der Waals surface area (Å²) in [7, 11) is 0. The number of ether oxygens (including phenoxy) is 4. The van der Waals surface area contributed by atoms with Gasteiger partial charge >= 0.3 is 11.9 Å². The highest BCUT2D eigenvalue weighted by atomic mass is 16.6. The zero-order valence-electron chi connectivity index (χ0n) is 17.7. The first-order valence-electron chi connectivity index (χ1n) is 10.1. The molecule has 0 aromatic heterocycles. The van der Waals surface area contributed by atoms with Gasteiger partial charge in [-0.2, -0.15) is 0 Å². The molecule has 2 fully saturated rings. The second-order valence-electron chi connectivity index (χ2n) is 7.04. The number of epoxide rings is 2. The van der Waals surface area contributed by atoms with E-state index in [-0.39, 0.29) is 25.4 Å². The van der Waals surface area contributed by atoms with Crippen molar-refractivity contribution >= 4 is 18.0 Å². The monoisotopic (exact) mass is 414 g/mol. The lowest BCUT2D eigenvalue weighted by molar-refractivity contribution is -0.147. The third-order valence-electron chi connectivity index (χ3n) is 4.41. The van der Waals surface area contributed by atoms with Crippen LogP contribution in [0.15, 0.2) is 60.2 Å². The van der Waals surface area contributed by atoms with E-state index in [0.29, 0.717) is 11.1 Å². The van der Waals surface area contributed by atoms with Crippen LogP contribution < -0.4 is 0 Å². The van der Waals surface area contributed by atoms with Gasteiger partial charge in [0.05, 0.1) is 25.4 Å². The molecular formula is C24H30O6. The van der Waals surface area contributed by atoms with Crippen molar-refractivity contribution in [2.45, 2.75) is 38.9 Å². The zero-order chi connectivity index (χ0) is 21.8. The summed E-state index contributed by atoms with van der Waals surface area (Å²) in [6.45, 7) is 8.64. The second kappa shape index (κ2) is 12.8. The molecule has 2 saturated heterocycles. The molecule has 0 aliphatic carbocycles. The van der Waals surface area contributed by atoms with Crippen molar-refractivity contribution in [2.75, 3.05) is 26.4 Å². The molecule has 2 aliphatic rings. The van der Waals surface area contributed by atoms with Crippen molar-refractivity contribution in [1.82, 2.24) is 0 Å². The molecule has 2 unspecified atom stereocenters. The molecule has 3 rings (SSSR count). The van der Waals surface area contributed by atoms with Crippen molar-refractivity contribution in [2.24, 2.45) is 0 Å². The van der Waals surface area contributed by atoms with Crippen molar-refractivity contribution < 1.29 is 28.5 Å². The third kappa shape index (κ3) is 10.2. The van der Waals surface area contributed by atoms with Crippen LogP contribution in [0, 0.1) is 0 Å². The van der Waals surface area contributed by atoms with Crippen LogP contribution in [-0.2, 0) is 28.5 Å². The van der Waals surface area contributed by atoms with Crippen LogP contribution in [0.1, 0.15) is 32.3 Å². The number of hydrogen-bond acceptors (Lipinski definition) is 6. The van der Waals surface area contributed by atoms with E-state index in [1.165, 1.54) is 5.56 Å². The van der Waals surface area contributed by atoms with Gasteiger partial charge in [0.1, 0.15) is 13.2 Å². The Balaban J connectivity index is 0.000000335. The minimum Gasteiger partial charge on any atom is -0.459 e. The smallest absolute Gasteiger partial charge is 0.333 e. The lowest BCUT2D eigenvalue weighted by Crippen LogP contribution is -2.15. The van der Waals surface area contributed by atoms with Gasteiger partial charge in [-0.1, -0.05) is 55.1 Å². The Hall–Kier alpha value is -2.70. The molecule has 0 spiro atoms. The lowest BCUT2D eigenvalue weighted by atomic mass is 10.2. The molecule has 2 heterocycles. The van der Waals surface area contributed by atoms with Gasteiger partial charge in [0.2, 0.25) is 0 Å². The Kier molecular flexibility index (Phi) is 10.0. The average Bonchev–Trinajstić information content (AvgIpc) is 3.69. The van der Waals surface area contributed by atoms with E-state index >= 15 is 0 Å². The molecule has 30 heavy (non-hydrogen) atoms. The summed E-state index contributed by atoms with van der Waals surface area (Å²) in [4.78, 5) is 23.3. The fourth-order valence-electron chi connectivity index (χ4n) is 2.28. The molecule has 0 N–H and O–H groups in total. The molecule has 0 amide bonds. The van der Waals surface area contributed by atoms with E-state index in [0.717, 1.165) is 26.1 Å². The molecule has 0 bridgehead atoms. The number of rotatable bonds is 10. The minimum absolute atomic E-state index is 0.0503. The highest BCUT2D eigenvalue weighted by Gasteiger charge is 2.22.